The Morgan fingerprint density at radius 2 is 1.94 bits per heavy atom. The summed E-state index contributed by atoms with van der Waals surface area (Å²) in [4.78, 5) is 27.7. The summed E-state index contributed by atoms with van der Waals surface area (Å²) in [6, 6.07) is 12.8. The predicted octanol–water partition coefficient (Wildman–Crippen LogP) is 4.34. The average Bonchev–Trinajstić information content (AvgIpc) is 3.09. The minimum absolute atomic E-state index is 0.0524. The first kappa shape index (κ1) is 22.7. The average molecular weight is 425 g/mol. The normalized spacial score (nSPS) is 13.8. The summed E-state index contributed by atoms with van der Waals surface area (Å²) >= 11 is 0. The van der Waals surface area contributed by atoms with E-state index in [0.717, 1.165) is 17.5 Å². The van der Waals surface area contributed by atoms with E-state index >= 15 is 0 Å². The van der Waals surface area contributed by atoms with Crippen LogP contribution in [-0.4, -0.2) is 37.0 Å². The lowest BCUT2D eigenvalue weighted by atomic mass is 10.0. The van der Waals surface area contributed by atoms with Crippen molar-refractivity contribution in [3.8, 4) is 11.5 Å². The number of amides is 2. The van der Waals surface area contributed by atoms with Gasteiger partial charge in [-0.1, -0.05) is 38.1 Å². The van der Waals surface area contributed by atoms with Gasteiger partial charge in [0.05, 0.1) is 26.2 Å². The van der Waals surface area contributed by atoms with E-state index in [1.807, 2.05) is 49.4 Å². The van der Waals surface area contributed by atoms with Gasteiger partial charge >= 0.3 is 0 Å². The molecule has 2 aromatic rings. The summed E-state index contributed by atoms with van der Waals surface area (Å²) in [5.41, 5.74) is 2.53. The third-order valence-electron chi connectivity index (χ3n) is 5.52. The number of hydrogen-bond donors (Lipinski definition) is 1. The van der Waals surface area contributed by atoms with Crippen LogP contribution < -0.4 is 14.8 Å². The van der Waals surface area contributed by atoms with Crippen molar-refractivity contribution >= 4 is 11.8 Å². The lowest BCUT2D eigenvalue weighted by Gasteiger charge is -2.28. The number of carbonyl (C=O) groups excluding carboxylic acids is 2. The molecular formula is C25H32N2O4. The smallest absolute Gasteiger partial charge is 0.255 e. The summed E-state index contributed by atoms with van der Waals surface area (Å²) in [5, 5.41) is 3.00. The molecule has 1 heterocycles. The Labute approximate surface area is 184 Å². The number of rotatable bonds is 10. The van der Waals surface area contributed by atoms with Gasteiger partial charge in [0.1, 0.15) is 0 Å². The molecule has 0 saturated heterocycles. The summed E-state index contributed by atoms with van der Waals surface area (Å²) in [5.74, 6) is 1.63. The molecule has 0 radical (unpaired) electrons. The van der Waals surface area contributed by atoms with Crippen molar-refractivity contribution in [3.05, 3.63) is 59.2 Å². The van der Waals surface area contributed by atoms with Crippen LogP contribution in [-0.2, 0) is 11.3 Å². The second-order valence-electron chi connectivity index (χ2n) is 8.19. The Morgan fingerprint density at radius 1 is 1.16 bits per heavy atom. The number of hydrogen-bond acceptors (Lipinski definition) is 4. The van der Waals surface area contributed by atoms with E-state index in [1.165, 1.54) is 0 Å². The van der Waals surface area contributed by atoms with E-state index in [9.17, 15) is 9.59 Å². The van der Waals surface area contributed by atoms with Crippen molar-refractivity contribution in [2.45, 2.75) is 46.2 Å². The summed E-state index contributed by atoms with van der Waals surface area (Å²) in [7, 11) is 1.59. The zero-order valence-electron chi connectivity index (χ0n) is 18.8. The predicted molar refractivity (Wildman–Crippen MR) is 120 cm³/mol. The highest BCUT2D eigenvalue weighted by Crippen LogP contribution is 2.37. The van der Waals surface area contributed by atoms with Crippen LogP contribution in [0.2, 0.25) is 0 Å². The number of nitrogens with zero attached hydrogens (tertiary/aromatic N) is 1. The van der Waals surface area contributed by atoms with Crippen LogP contribution in [0.3, 0.4) is 0 Å². The fourth-order valence-corrected chi connectivity index (χ4v) is 3.85. The number of carbonyl (C=O) groups is 2. The Bertz CT molecular complexity index is 925. The number of methoxy groups -OCH3 is 1. The van der Waals surface area contributed by atoms with Gasteiger partial charge in [-0.2, -0.15) is 0 Å². The van der Waals surface area contributed by atoms with E-state index in [0.29, 0.717) is 42.7 Å². The SMILES string of the molecule is CCOc1ccc([C@@H](CC(=O)NCCC(C)C)N2Cc3ccccc3C2=O)cc1OC. The third-order valence-corrected chi connectivity index (χ3v) is 5.52. The van der Waals surface area contributed by atoms with Crippen LogP contribution in [0.5, 0.6) is 11.5 Å². The van der Waals surface area contributed by atoms with Gasteiger partial charge in [-0.15, -0.1) is 0 Å². The quantitative estimate of drug-likeness (QED) is 0.616. The molecule has 2 aromatic carbocycles. The molecule has 0 aliphatic carbocycles. The molecule has 0 aromatic heterocycles. The van der Waals surface area contributed by atoms with Gasteiger partial charge in [0.2, 0.25) is 5.91 Å². The number of ether oxygens (including phenoxy) is 2. The first-order chi connectivity index (χ1) is 14.9. The molecule has 1 aliphatic rings. The minimum atomic E-state index is -0.400. The zero-order valence-corrected chi connectivity index (χ0v) is 18.8. The maximum absolute atomic E-state index is 13.2. The Balaban J connectivity index is 1.88. The van der Waals surface area contributed by atoms with Crippen molar-refractivity contribution in [2.24, 2.45) is 5.92 Å². The molecule has 2 amide bonds. The molecule has 3 rings (SSSR count). The van der Waals surface area contributed by atoms with Gasteiger partial charge in [0.25, 0.3) is 5.91 Å². The highest BCUT2D eigenvalue weighted by Gasteiger charge is 2.34. The zero-order chi connectivity index (χ0) is 22.4. The number of fused-ring (bicyclic) bond motifs is 1. The molecule has 1 atom stereocenters. The summed E-state index contributed by atoms with van der Waals surface area (Å²) in [6.07, 6.45) is 1.11. The molecule has 0 bridgehead atoms. The molecule has 6 heteroatoms. The molecule has 0 saturated carbocycles. The Morgan fingerprint density at radius 3 is 2.61 bits per heavy atom. The summed E-state index contributed by atoms with van der Waals surface area (Å²) in [6.45, 7) is 7.80. The van der Waals surface area contributed by atoms with Crippen LogP contribution in [0.4, 0.5) is 0 Å². The second-order valence-corrected chi connectivity index (χ2v) is 8.19. The molecule has 1 N–H and O–H groups in total. The molecule has 1 aliphatic heterocycles. The van der Waals surface area contributed by atoms with Crippen LogP contribution in [0, 0.1) is 5.92 Å². The first-order valence-electron chi connectivity index (χ1n) is 10.9. The van der Waals surface area contributed by atoms with Crippen molar-refractivity contribution in [1.29, 1.82) is 0 Å². The van der Waals surface area contributed by atoms with Gasteiger partial charge in [-0.05, 0) is 48.6 Å². The number of benzene rings is 2. The topological polar surface area (TPSA) is 67.9 Å². The second kappa shape index (κ2) is 10.3. The third kappa shape index (κ3) is 5.37. The molecule has 166 valence electrons. The lowest BCUT2D eigenvalue weighted by Crippen LogP contribution is -2.34. The maximum Gasteiger partial charge on any atom is 0.255 e. The van der Waals surface area contributed by atoms with Gasteiger partial charge in [0, 0.05) is 18.7 Å². The fraction of sp³-hybridized carbons (Fsp3) is 0.440. The highest BCUT2D eigenvalue weighted by molar-refractivity contribution is 5.98. The summed E-state index contributed by atoms with van der Waals surface area (Å²) < 4.78 is 11.1. The Kier molecular flexibility index (Phi) is 7.55. The van der Waals surface area contributed by atoms with E-state index in [4.69, 9.17) is 9.47 Å². The van der Waals surface area contributed by atoms with Crippen LogP contribution in [0.15, 0.2) is 42.5 Å². The van der Waals surface area contributed by atoms with Gasteiger partial charge in [-0.25, -0.2) is 0 Å². The largest absolute Gasteiger partial charge is 0.493 e. The van der Waals surface area contributed by atoms with E-state index in [-0.39, 0.29) is 18.2 Å². The van der Waals surface area contributed by atoms with E-state index in [1.54, 1.807) is 12.0 Å². The van der Waals surface area contributed by atoms with Crippen LogP contribution in [0.25, 0.3) is 0 Å². The fourth-order valence-electron chi connectivity index (χ4n) is 3.85. The first-order valence-corrected chi connectivity index (χ1v) is 10.9. The molecule has 6 nitrogen and oxygen atoms in total. The molecule has 0 unspecified atom stereocenters. The van der Waals surface area contributed by atoms with Gasteiger partial charge in [-0.3, -0.25) is 9.59 Å². The minimum Gasteiger partial charge on any atom is -0.493 e. The van der Waals surface area contributed by atoms with Crippen molar-refractivity contribution < 1.29 is 19.1 Å². The standard InChI is InChI=1S/C25H32N2O4/c1-5-31-22-11-10-18(14-23(22)30-4)21(15-24(28)26-13-12-17(2)3)27-16-19-8-6-7-9-20(19)25(27)29/h6-11,14,17,21H,5,12-13,15-16H2,1-4H3,(H,26,28)/t21-/m1/s1. The maximum atomic E-state index is 13.2. The monoisotopic (exact) mass is 424 g/mol. The van der Waals surface area contributed by atoms with Gasteiger partial charge in [0.15, 0.2) is 11.5 Å². The van der Waals surface area contributed by atoms with E-state index < -0.39 is 6.04 Å². The number of nitrogens with one attached hydrogen (secondary N) is 1. The lowest BCUT2D eigenvalue weighted by molar-refractivity contribution is -0.122. The molecule has 0 spiro atoms. The molecule has 31 heavy (non-hydrogen) atoms. The molecule has 0 fully saturated rings. The van der Waals surface area contributed by atoms with Crippen molar-refractivity contribution in [1.82, 2.24) is 10.2 Å². The van der Waals surface area contributed by atoms with Crippen molar-refractivity contribution in [3.63, 3.8) is 0 Å². The van der Waals surface area contributed by atoms with Gasteiger partial charge < -0.3 is 19.7 Å². The van der Waals surface area contributed by atoms with Crippen molar-refractivity contribution in [2.75, 3.05) is 20.3 Å². The van der Waals surface area contributed by atoms with E-state index in [2.05, 4.69) is 19.2 Å². The Hall–Kier alpha value is -3.02. The van der Waals surface area contributed by atoms with Crippen LogP contribution >= 0.6 is 0 Å². The van der Waals surface area contributed by atoms with Crippen LogP contribution in [0.1, 0.15) is 61.1 Å². The highest BCUT2D eigenvalue weighted by atomic mass is 16.5. The molecular weight excluding hydrogens is 392 g/mol.